The minimum Gasteiger partial charge on any atom is -0.444 e. The third kappa shape index (κ3) is 5.16. The fourth-order valence-corrected chi connectivity index (χ4v) is 2.51. The highest BCUT2D eigenvalue weighted by Crippen LogP contribution is 2.21. The van der Waals surface area contributed by atoms with E-state index in [1.807, 2.05) is 33.9 Å². The molecule has 122 valence electrons. The van der Waals surface area contributed by atoms with E-state index in [0.717, 1.165) is 37.4 Å². The van der Waals surface area contributed by atoms with Crippen LogP contribution < -0.4 is 10.2 Å². The molecular weight excluding hydrogens is 280 g/mol. The minimum absolute atomic E-state index is 0.334. The Kier molecular flexibility index (Phi) is 5.21. The first-order valence-electron chi connectivity index (χ1n) is 7.84. The predicted octanol–water partition coefficient (Wildman–Crippen LogP) is 2.53. The van der Waals surface area contributed by atoms with Gasteiger partial charge in [-0.25, -0.2) is 9.78 Å². The molecule has 6 heteroatoms. The van der Waals surface area contributed by atoms with Crippen molar-refractivity contribution in [1.82, 2.24) is 15.3 Å². The van der Waals surface area contributed by atoms with Crippen molar-refractivity contribution in [3.8, 4) is 0 Å². The second-order valence-electron chi connectivity index (χ2n) is 6.83. The van der Waals surface area contributed by atoms with Crippen molar-refractivity contribution in [2.45, 2.75) is 46.1 Å². The normalized spacial score (nSPS) is 16.5. The van der Waals surface area contributed by atoms with Gasteiger partial charge in [-0.3, -0.25) is 4.98 Å². The molecule has 0 radical (unpaired) electrons. The second kappa shape index (κ2) is 6.94. The number of nitrogens with one attached hydrogen (secondary N) is 1. The van der Waals surface area contributed by atoms with Gasteiger partial charge in [0, 0.05) is 25.8 Å². The number of ether oxygens (including phenoxy) is 1. The Bertz CT molecular complexity index is 505. The maximum atomic E-state index is 11.7. The van der Waals surface area contributed by atoms with E-state index in [4.69, 9.17) is 4.74 Å². The summed E-state index contributed by atoms with van der Waals surface area (Å²) >= 11 is 0. The summed E-state index contributed by atoms with van der Waals surface area (Å²) < 4.78 is 5.25. The van der Waals surface area contributed by atoms with Crippen molar-refractivity contribution >= 4 is 11.9 Å². The van der Waals surface area contributed by atoms with Crippen molar-refractivity contribution in [3.05, 3.63) is 18.1 Å². The van der Waals surface area contributed by atoms with E-state index in [9.17, 15) is 4.79 Å². The van der Waals surface area contributed by atoms with Crippen LogP contribution in [0, 0.1) is 12.8 Å². The van der Waals surface area contributed by atoms with Crippen molar-refractivity contribution < 1.29 is 9.53 Å². The number of aryl methyl sites for hydroxylation is 1. The molecule has 0 bridgehead atoms. The number of anilines is 1. The number of nitrogens with zero attached hydrogens (tertiary/aromatic N) is 3. The standard InChI is InChI=1S/C16H26N4O2/c1-12-9-17-11-14(19-12)20-7-5-13(6-8-20)10-18-15(21)22-16(2,3)4/h9,11,13H,5-8,10H2,1-4H3,(H,18,21). The van der Waals surface area contributed by atoms with E-state index in [2.05, 4.69) is 20.2 Å². The summed E-state index contributed by atoms with van der Waals surface area (Å²) in [5, 5.41) is 2.86. The maximum absolute atomic E-state index is 11.7. The van der Waals surface area contributed by atoms with E-state index in [0.29, 0.717) is 12.5 Å². The smallest absolute Gasteiger partial charge is 0.407 e. The highest BCUT2D eigenvalue weighted by atomic mass is 16.6. The van der Waals surface area contributed by atoms with Crippen LogP contribution in [-0.2, 0) is 4.74 Å². The number of carbonyl (C=O) groups excluding carboxylic acids is 1. The van der Waals surface area contributed by atoms with Crippen LogP contribution in [0.5, 0.6) is 0 Å². The van der Waals surface area contributed by atoms with Gasteiger partial charge in [0.05, 0.1) is 11.9 Å². The molecule has 1 aliphatic rings. The van der Waals surface area contributed by atoms with Crippen molar-refractivity contribution in [2.75, 3.05) is 24.5 Å². The molecule has 1 aromatic rings. The largest absolute Gasteiger partial charge is 0.444 e. The van der Waals surface area contributed by atoms with Crippen LogP contribution in [0.2, 0.25) is 0 Å². The van der Waals surface area contributed by atoms with E-state index < -0.39 is 5.60 Å². The van der Waals surface area contributed by atoms with Crippen LogP contribution >= 0.6 is 0 Å². The van der Waals surface area contributed by atoms with Crippen LogP contribution in [0.25, 0.3) is 0 Å². The number of amides is 1. The first kappa shape index (κ1) is 16.5. The van der Waals surface area contributed by atoms with Crippen molar-refractivity contribution in [1.29, 1.82) is 0 Å². The Morgan fingerprint density at radius 2 is 2.05 bits per heavy atom. The minimum atomic E-state index is -0.447. The summed E-state index contributed by atoms with van der Waals surface area (Å²) in [5.74, 6) is 1.43. The van der Waals surface area contributed by atoms with Crippen LogP contribution in [0.15, 0.2) is 12.4 Å². The van der Waals surface area contributed by atoms with Gasteiger partial charge in [0.1, 0.15) is 11.4 Å². The summed E-state index contributed by atoms with van der Waals surface area (Å²) in [4.78, 5) is 22.6. The first-order chi connectivity index (χ1) is 10.3. The second-order valence-corrected chi connectivity index (χ2v) is 6.83. The van der Waals surface area contributed by atoms with E-state index >= 15 is 0 Å². The molecule has 1 saturated heterocycles. The SMILES string of the molecule is Cc1cncc(N2CCC(CNC(=O)OC(C)(C)C)CC2)n1. The summed E-state index contributed by atoms with van der Waals surface area (Å²) in [7, 11) is 0. The molecule has 0 spiro atoms. The Morgan fingerprint density at radius 3 is 2.64 bits per heavy atom. The van der Waals surface area contributed by atoms with Crippen LogP contribution in [0.1, 0.15) is 39.3 Å². The molecule has 1 aromatic heterocycles. The summed E-state index contributed by atoms with van der Waals surface area (Å²) in [6.45, 7) is 10.1. The zero-order valence-corrected chi connectivity index (χ0v) is 13.9. The summed E-state index contributed by atoms with van der Waals surface area (Å²) in [5.41, 5.74) is 0.489. The molecule has 1 amide bonds. The van der Waals surface area contributed by atoms with E-state index in [-0.39, 0.29) is 6.09 Å². The average Bonchev–Trinajstić information content (AvgIpc) is 2.44. The van der Waals surface area contributed by atoms with Gasteiger partial charge < -0.3 is 15.0 Å². The van der Waals surface area contributed by atoms with Gasteiger partial charge in [-0.15, -0.1) is 0 Å². The highest BCUT2D eigenvalue weighted by Gasteiger charge is 2.22. The maximum Gasteiger partial charge on any atom is 0.407 e. The van der Waals surface area contributed by atoms with Gasteiger partial charge in [0.25, 0.3) is 0 Å². The third-order valence-electron chi connectivity index (χ3n) is 3.61. The van der Waals surface area contributed by atoms with Crippen molar-refractivity contribution in [3.63, 3.8) is 0 Å². The molecule has 2 heterocycles. The fraction of sp³-hybridized carbons (Fsp3) is 0.688. The number of alkyl carbamates (subject to hydrolysis) is 1. The number of aromatic nitrogens is 2. The lowest BCUT2D eigenvalue weighted by Crippen LogP contribution is -2.40. The highest BCUT2D eigenvalue weighted by molar-refractivity contribution is 5.67. The summed E-state index contributed by atoms with van der Waals surface area (Å²) in [6.07, 6.45) is 5.31. The lowest BCUT2D eigenvalue weighted by atomic mass is 9.97. The molecule has 0 atom stereocenters. The average molecular weight is 306 g/mol. The molecule has 1 N–H and O–H groups in total. The molecule has 0 saturated carbocycles. The molecule has 1 aliphatic heterocycles. The molecule has 1 fully saturated rings. The lowest BCUT2D eigenvalue weighted by molar-refractivity contribution is 0.0517. The Hall–Kier alpha value is -1.85. The molecule has 0 aromatic carbocycles. The number of carbonyl (C=O) groups is 1. The lowest BCUT2D eigenvalue weighted by Gasteiger charge is -2.32. The van der Waals surface area contributed by atoms with Gasteiger partial charge >= 0.3 is 6.09 Å². The first-order valence-corrected chi connectivity index (χ1v) is 7.84. The zero-order chi connectivity index (χ0) is 16.2. The summed E-state index contributed by atoms with van der Waals surface area (Å²) in [6, 6.07) is 0. The Balaban J connectivity index is 1.74. The number of hydrogen-bond acceptors (Lipinski definition) is 5. The van der Waals surface area contributed by atoms with E-state index in [1.165, 1.54) is 0 Å². The molecule has 22 heavy (non-hydrogen) atoms. The molecule has 0 unspecified atom stereocenters. The molecular formula is C16H26N4O2. The van der Waals surface area contributed by atoms with Gasteiger partial charge in [-0.1, -0.05) is 0 Å². The predicted molar refractivity (Wildman–Crippen MR) is 85.9 cm³/mol. The topological polar surface area (TPSA) is 67.4 Å². The Labute approximate surface area is 132 Å². The zero-order valence-electron chi connectivity index (χ0n) is 13.9. The van der Waals surface area contributed by atoms with Crippen molar-refractivity contribution in [2.24, 2.45) is 5.92 Å². The number of piperidine rings is 1. The van der Waals surface area contributed by atoms with Gasteiger partial charge in [-0.2, -0.15) is 0 Å². The molecule has 2 rings (SSSR count). The van der Waals surface area contributed by atoms with Gasteiger partial charge in [-0.05, 0) is 46.5 Å². The molecule has 6 nitrogen and oxygen atoms in total. The quantitative estimate of drug-likeness (QED) is 0.929. The van der Waals surface area contributed by atoms with Crippen LogP contribution in [0.4, 0.5) is 10.6 Å². The number of hydrogen-bond donors (Lipinski definition) is 1. The van der Waals surface area contributed by atoms with E-state index in [1.54, 1.807) is 6.20 Å². The Morgan fingerprint density at radius 1 is 1.36 bits per heavy atom. The van der Waals surface area contributed by atoms with Gasteiger partial charge in [0.2, 0.25) is 0 Å². The van der Waals surface area contributed by atoms with Gasteiger partial charge in [0.15, 0.2) is 0 Å². The third-order valence-corrected chi connectivity index (χ3v) is 3.61. The fourth-order valence-electron chi connectivity index (χ4n) is 2.51. The number of rotatable bonds is 3. The molecule has 0 aliphatic carbocycles. The monoisotopic (exact) mass is 306 g/mol. The van der Waals surface area contributed by atoms with Crippen LogP contribution in [0.3, 0.4) is 0 Å². The van der Waals surface area contributed by atoms with Crippen LogP contribution in [-0.4, -0.2) is 41.3 Å².